The molecule has 0 spiro atoms. The highest BCUT2D eigenvalue weighted by molar-refractivity contribution is 5.33. The van der Waals surface area contributed by atoms with Gasteiger partial charge in [0.1, 0.15) is 12.0 Å². The van der Waals surface area contributed by atoms with E-state index in [-0.39, 0.29) is 11.6 Å². The number of nitriles is 1. The second-order valence-electron chi connectivity index (χ2n) is 6.13. The second kappa shape index (κ2) is 6.85. The molecule has 3 rings (SSSR count). The number of piperidine rings is 1. The van der Waals surface area contributed by atoms with Gasteiger partial charge in [-0.2, -0.15) is 5.26 Å². The molecule has 0 amide bonds. The molecule has 2 aromatic carbocycles. The first-order valence-electron chi connectivity index (χ1n) is 8.16. The number of benzene rings is 2. The van der Waals surface area contributed by atoms with Gasteiger partial charge in [0.2, 0.25) is 0 Å². The topological polar surface area (TPSA) is 36.3 Å². The summed E-state index contributed by atoms with van der Waals surface area (Å²) in [5.74, 6) is 0.889. The van der Waals surface area contributed by atoms with Crippen molar-refractivity contribution < 1.29 is 4.74 Å². The molecule has 0 aromatic heterocycles. The van der Waals surface area contributed by atoms with Crippen LogP contribution in [0.15, 0.2) is 60.7 Å². The van der Waals surface area contributed by atoms with E-state index in [4.69, 9.17) is 4.74 Å². The Bertz CT molecular complexity index is 655. The van der Waals surface area contributed by atoms with Gasteiger partial charge in [0.25, 0.3) is 0 Å². The molecule has 0 N–H and O–H groups in total. The highest BCUT2D eigenvalue weighted by atomic mass is 16.5. The first-order chi connectivity index (χ1) is 11.2. The molecule has 1 aliphatic rings. The van der Waals surface area contributed by atoms with Crippen molar-refractivity contribution in [2.24, 2.45) is 0 Å². The molecule has 1 fully saturated rings. The Morgan fingerprint density at radius 3 is 2.13 bits per heavy atom. The van der Waals surface area contributed by atoms with Crippen LogP contribution in [-0.2, 0) is 5.41 Å². The minimum atomic E-state index is -0.357. The standard InChI is InChI=1S/C20H22N2O/c1-17(23-19-10-6-3-7-11-19)22-14-12-20(16-21,13-15-22)18-8-4-2-5-9-18/h2-11,17H,12-15H2,1H3. The summed E-state index contributed by atoms with van der Waals surface area (Å²) in [6.45, 7) is 3.82. The summed E-state index contributed by atoms with van der Waals surface area (Å²) in [6.07, 6.45) is 1.70. The van der Waals surface area contributed by atoms with Gasteiger partial charge in [-0.1, -0.05) is 48.5 Å². The zero-order valence-electron chi connectivity index (χ0n) is 13.5. The van der Waals surface area contributed by atoms with Crippen molar-refractivity contribution in [1.29, 1.82) is 5.26 Å². The molecular formula is C20H22N2O. The molecule has 118 valence electrons. The van der Waals surface area contributed by atoms with Crippen LogP contribution in [0.5, 0.6) is 5.75 Å². The zero-order valence-corrected chi connectivity index (χ0v) is 13.5. The van der Waals surface area contributed by atoms with E-state index in [2.05, 4.69) is 30.0 Å². The maximum atomic E-state index is 9.76. The van der Waals surface area contributed by atoms with Gasteiger partial charge in [0.15, 0.2) is 0 Å². The van der Waals surface area contributed by atoms with E-state index in [1.807, 2.05) is 48.5 Å². The van der Waals surface area contributed by atoms with Crippen LogP contribution in [0.3, 0.4) is 0 Å². The predicted octanol–water partition coefficient (Wildman–Crippen LogP) is 3.97. The number of para-hydroxylation sites is 1. The summed E-state index contributed by atoms with van der Waals surface area (Å²) in [5, 5.41) is 9.76. The molecule has 1 aliphatic heterocycles. The second-order valence-corrected chi connectivity index (χ2v) is 6.13. The Balaban J connectivity index is 1.65. The fourth-order valence-corrected chi connectivity index (χ4v) is 3.26. The third-order valence-electron chi connectivity index (χ3n) is 4.76. The maximum absolute atomic E-state index is 9.76. The summed E-state index contributed by atoms with van der Waals surface area (Å²) in [4.78, 5) is 2.31. The molecule has 3 heteroatoms. The van der Waals surface area contributed by atoms with E-state index < -0.39 is 0 Å². The van der Waals surface area contributed by atoms with Crippen molar-refractivity contribution in [2.75, 3.05) is 13.1 Å². The van der Waals surface area contributed by atoms with Crippen molar-refractivity contribution in [1.82, 2.24) is 4.90 Å². The van der Waals surface area contributed by atoms with E-state index in [1.54, 1.807) is 0 Å². The Kier molecular flexibility index (Phi) is 4.64. The molecule has 0 aliphatic carbocycles. The molecule has 1 unspecified atom stereocenters. The molecule has 23 heavy (non-hydrogen) atoms. The Morgan fingerprint density at radius 1 is 1.00 bits per heavy atom. The zero-order chi connectivity index (χ0) is 16.1. The molecule has 0 saturated carbocycles. The molecule has 0 bridgehead atoms. The Hall–Kier alpha value is -2.31. The van der Waals surface area contributed by atoms with E-state index in [9.17, 15) is 5.26 Å². The van der Waals surface area contributed by atoms with Crippen LogP contribution < -0.4 is 4.74 Å². The van der Waals surface area contributed by atoms with Crippen LogP contribution in [0, 0.1) is 11.3 Å². The minimum absolute atomic E-state index is 0.0184. The van der Waals surface area contributed by atoms with Crippen molar-refractivity contribution in [2.45, 2.75) is 31.4 Å². The Labute approximate surface area is 138 Å². The van der Waals surface area contributed by atoms with Crippen LogP contribution in [0.4, 0.5) is 0 Å². The number of hydrogen-bond donors (Lipinski definition) is 0. The quantitative estimate of drug-likeness (QED) is 0.857. The Morgan fingerprint density at radius 2 is 1.57 bits per heavy atom. The van der Waals surface area contributed by atoms with E-state index in [1.165, 1.54) is 0 Å². The van der Waals surface area contributed by atoms with Gasteiger partial charge < -0.3 is 4.74 Å². The molecular weight excluding hydrogens is 284 g/mol. The van der Waals surface area contributed by atoms with Crippen molar-refractivity contribution in [3.63, 3.8) is 0 Å². The van der Waals surface area contributed by atoms with Crippen LogP contribution in [0.2, 0.25) is 0 Å². The van der Waals surface area contributed by atoms with Crippen molar-refractivity contribution >= 4 is 0 Å². The summed E-state index contributed by atoms with van der Waals surface area (Å²) >= 11 is 0. The summed E-state index contributed by atoms with van der Waals surface area (Å²) in [5.41, 5.74) is 0.781. The lowest BCUT2D eigenvalue weighted by Crippen LogP contribution is -2.47. The summed E-state index contributed by atoms with van der Waals surface area (Å²) < 4.78 is 6.00. The SMILES string of the molecule is CC(Oc1ccccc1)N1CCC(C#N)(c2ccccc2)CC1. The first-order valence-corrected chi connectivity index (χ1v) is 8.16. The number of hydrogen-bond acceptors (Lipinski definition) is 3. The van der Waals surface area contributed by atoms with Gasteiger partial charge >= 0.3 is 0 Å². The highest BCUT2D eigenvalue weighted by Gasteiger charge is 2.37. The number of rotatable bonds is 4. The number of nitrogens with zero attached hydrogens (tertiary/aromatic N) is 2. The maximum Gasteiger partial charge on any atom is 0.149 e. The third kappa shape index (κ3) is 3.38. The van der Waals surface area contributed by atoms with Crippen molar-refractivity contribution in [3.8, 4) is 11.8 Å². The van der Waals surface area contributed by atoms with Gasteiger partial charge in [0.05, 0.1) is 11.5 Å². The van der Waals surface area contributed by atoms with Crippen LogP contribution >= 0.6 is 0 Å². The fraction of sp³-hybridized carbons (Fsp3) is 0.350. The molecule has 1 atom stereocenters. The average molecular weight is 306 g/mol. The molecule has 1 heterocycles. The predicted molar refractivity (Wildman–Crippen MR) is 91.1 cm³/mol. The van der Waals surface area contributed by atoms with Gasteiger partial charge in [-0.3, -0.25) is 4.90 Å². The number of ether oxygens (including phenoxy) is 1. The highest BCUT2D eigenvalue weighted by Crippen LogP contribution is 2.35. The fourth-order valence-electron chi connectivity index (χ4n) is 3.26. The van der Waals surface area contributed by atoms with Crippen LogP contribution in [-0.4, -0.2) is 24.2 Å². The van der Waals surface area contributed by atoms with E-state index in [0.29, 0.717) is 0 Å². The van der Waals surface area contributed by atoms with Gasteiger partial charge in [-0.15, -0.1) is 0 Å². The lowest BCUT2D eigenvalue weighted by Gasteiger charge is -2.40. The normalized spacial score (nSPS) is 18.8. The van der Waals surface area contributed by atoms with Gasteiger partial charge in [0, 0.05) is 13.1 Å². The van der Waals surface area contributed by atoms with Gasteiger partial charge in [-0.05, 0) is 37.5 Å². The van der Waals surface area contributed by atoms with Crippen molar-refractivity contribution in [3.05, 3.63) is 66.2 Å². The first kappa shape index (κ1) is 15.6. The molecule has 3 nitrogen and oxygen atoms in total. The van der Waals surface area contributed by atoms with E-state index >= 15 is 0 Å². The summed E-state index contributed by atoms with van der Waals surface area (Å²) in [7, 11) is 0. The summed E-state index contributed by atoms with van der Waals surface area (Å²) in [6, 6.07) is 22.6. The lowest BCUT2D eigenvalue weighted by molar-refractivity contribution is 0.0154. The average Bonchev–Trinajstić information content (AvgIpc) is 2.63. The largest absolute Gasteiger partial charge is 0.475 e. The molecule has 2 aromatic rings. The van der Waals surface area contributed by atoms with Gasteiger partial charge in [-0.25, -0.2) is 0 Å². The smallest absolute Gasteiger partial charge is 0.149 e. The lowest BCUT2D eigenvalue weighted by atomic mass is 9.74. The monoisotopic (exact) mass is 306 g/mol. The third-order valence-corrected chi connectivity index (χ3v) is 4.76. The van der Waals surface area contributed by atoms with E-state index in [0.717, 1.165) is 37.2 Å². The molecule has 0 radical (unpaired) electrons. The number of likely N-dealkylation sites (tertiary alicyclic amines) is 1. The van der Waals surface area contributed by atoms with Crippen LogP contribution in [0.25, 0.3) is 0 Å². The van der Waals surface area contributed by atoms with Crippen LogP contribution in [0.1, 0.15) is 25.3 Å². The minimum Gasteiger partial charge on any atom is -0.475 e. The molecule has 1 saturated heterocycles.